The lowest BCUT2D eigenvalue weighted by Crippen LogP contribution is -2.49. The minimum absolute atomic E-state index is 0.00787. The summed E-state index contributed by atoms with van der Waals surface area (Å²) in [6.07, 6.45) is 2.66. The van der Waals surface area contributed by atoms with Gasteiger partial charge in [0, 0.05) is 0 Å². The van der Waals surface area contributed by atoms with E-state index in [0.29, 0.717) is 0 Å². The van der Waals surface area contributed by atoms with Crippen molar-refractivity contribution in [2.75, 3.05) is 13.1 Å². The summed E-state index contributed by atoms with van der Waals surface area (Å²) < 4.78 is 0. The molecule has 1 rings (SSSR count). The van der Waals surface area contributed by atoms with Crippen LogP contribution in [0.4, 0.5) is 0 Å². The Hall–Kier alpha value is -0.610. The molecule has 4 heteroatoms. The molecule has 1 fully saturated rings. The zero-order chi connectivity index (χ0) is 9.03. The summed E-state index contributed by atoms with van der Waals surface area (Å²) in [7, 11) is 0. The van der Waals surface area contributed by atoms with Gasteiger partial charge in [-0.3, -0.25) is 10.2 Å². The van der Waals surface area contributed by atoms with E-state index in [1.165, 1.54) is 0 Å². The molecule has 0 bridgehead atoms. The molecule has 0 aromatic rings. The van der Waals surface area contributed by atoms with Crippen LogP contribution in [0.5, 0.6) is 0 Å². The molecule has 1 saturated heterocycles. The summed E-state index contributed by atoms with van der Waals surface area (Å²) in [5.74, 6) is 5.14. The summed E-state index contributed by atoms with van der Waals surface area (Å²) >= 11 is 0. The Morgan fingerprint density at radius 2 is 2.17 bits per heavy atom. The number of rotatable bonds is 2. The van der Waals surface area contributed by atoms with Gasteiger partial charge in [0.2, 0.25) is 5.91 Å². The van der Waals surface area contributed by atoms with Gasteiger partial charge in [-0.05, 0) is 32.4 Å². The molecule has 0 aliphatic carbocycles. The van der Waals surface area contributed by atoms with Crippen molar-refractivity contribution in [3.05, 3.63) is 0 Å². The molecular weight excluding hydrogens is 154 g/mol. The number of hydrazine groups is 1. The molecule has 70 valence electrons. The molecule has 0 atom stereocenters. The minimum Gasteiger partial charge on any atom is -0.317 e. The van der Waals surface area contributed by atoms with E-state index in [-0.39, 0.29) is 11.3 Å². The maximum absolute atomic E-state index is 11.5. The van der Waals surface area contributed by atoms with Crippen LogP contribution in [0.1, 0.15) is 26.2 Å². The highest BCUT2D eigenvalue weighted by molar-refractivity contribution is 5.82. The van der Waals surface area contributed by atoms with Crippen LogP contribution in [-0.2, 0) is 4.79 Å². The first-order valence-corrected chi connectivity index (χ1v) is 4.47. The van der Waals surface area contributed by atoms with E-state index in [4.69, 9.17) is 5.84 Å². The van der Waals surface area contributed by atoms with E-state index in [0.717, 1.165) is 32.4 Å². The second-order valence-electron chi connectivity index (χ2n) is 3.36. The second kappa shape index (κ2) is 3.87. The van der Waals surface area contributed by atoms with Crippen LogP contribution in [0, 0.1) is 5.41 Å². The SMILES string of the molecule is CCC1(C(=O)NN)CCNCC1. The number of piperidine rings is 1. The lowest BCUT2D eigenvalue weighted by atomic mass is 9.76. The van der Waals surface area contributed by atoms with Crippen molar-refractivity contribution in [1.82, 2.24) is 10.7 Å². The quantitative estimate of drug-likeness (QED) is 0.305. The molecule has 1 heterocycles. The predicted molar refractivity (Wildman–Crippen MR) is 47.2 cm³/mol. The first-order chi connectivity index (χ1) is 5.75. The first kappa shape index (κ1) is 9.48. The van der Waals surface area contributed by atoms with Gasteiger partial charge >= 0.3 is 0 Å². The van der Waals surface area contributed by atoms with Crippen molar-refractivity contribution in [1.29, 1.82) is 0 Å². The Morgan fingerprint density at radius 1 is 1.58 bits per heavy atom. The fourth-order valence-corrected chi connectivity index (χ4v) is 1.80. The van der Waals surface area contributed by atoms with Crippen molar-refractivity contribution in [3.8, 4) is 0 Å². The van der Waals surface area contributed by atoms with Crippen molar-refractivity contribution < 1.29 is 4.79 Å². The van der Waals surface area contributed by atoms with Gasteiger partial charge in [-0.15, -0.1) is 0 Å². The zero-order valence-electron chi connectivity index (χ0n) is 7.52. The maximum Gasteiger partial charge on any atom is 0.240 e. The molecule has 0 unspecified atom stereocenters. The highest BCUT2D eigenvalue weighted by Crippen LogP contribution is 2.32. The van der Waals surface area contributed by atoms with Crippen molar-refractivity contribution >= 4 is 5.91 Å². The van der Waals surface area contributed by atoms with Crippen molar-refractivity contribution in [2.24, 2.45) is 11.3 Å². The van der Waals surface area contributed by atoms with Gasteiger partial charge in [-0.25, -0.2) is 5.84 Å². The number of hydrogen-bond acceptors (Lipinski definition) is 3. The molecular formula is C8H17N3O. The molecule has 1 aliphatic rings. The molecule has 4 nitrogen and oxygen atoms in total. The van der Waals surface area contributed by atoms with Crippen LogP contribution >= 0.6 is 0 Å². The predicted octanol–water partition coefficient (Wildman–Crippen LogP) is -0.244. The van der Waals surface area contributed by atoms with Crippen LogP contribution in [0.3, 0.4) is 0 Å². The normalized spacial score (nSPS) is 21.8. The standard InChI is InChI=1S/C8H17N3O/c1-2-8(7(12)11-9)3-5-10-6-4-8/h10H,2-6,9H2,1H3,(H,11,12). The summed E-state index contributed by atoms with van der Waals surface area (Å²) in [6, 6.07) is 0. The maximum atomic E-state index is 11.5. The van der Waals surface area contributed by atoms with E-state index < -0.39 is 0 Å². The second-order valence-corrected chi connectivity index (χ2v) is 3.36. The third kappa shape index (κ3) is 1.59. The van der Waals surface area contributed by atoms with E-state index in [1.807, 2.05) is 6.92 Å². The fourth-order valence-electron chi connectivity index (χ4n) is 1.80. The van der Waals surface area contributed by atoms with Crippen LogP contribution in [0.2, 0.25) is 0 Å². The van der Waals surface area contributed by atoms with Gasteiger partial charge in [-0.1, -0.05) is 6.92 Å². The summed E-state index contributed by atoms with van der Waals surface area (Å²) in [4.78, 5) is 11.5. The monoisotopic (exact) mass is 171 g/mol. The van der Waals surface area contributed by atoms with Gasteiger partial charge in [0.1, 0.15) is 0 Å². The lowest BCUT2D eigenvalue weighted by Gasteiger charge is -2.34. The average molecular weight is 171 g/mol. The van der Waals surface area contributed by atoms with Gasteiger partial charge in [0.25, 0.3) is 0 Å². The molecule has 1 aliphatic heterocycles. The molecule has 0 saturated carbocycles. The fraction of sp³-hybridized carbons (Fsp3) is 0.875. The average Bonchev–Trinajstić information content (AvgIpc) is 2.17. The first-order valence-electron chi connectivity index (χ1n) is 4.47. The summed E-state index contributed by atoms with van der Waals surface area (Å²) in [5, 5.41) is 3.23. The lowest BCUT2D eigenvalue weighted by molar-refractivity contribution is -0.132. The Balaban J connectivity index is 2.66. The van der Waals surface area contributed by atoms with Crippen LogP contribution in [0.15, 0.2) is 0 Å². The summed E-state index contributed by atoms with van der Waals surface area (Å²) in [5.41, 5.74) is 2.05. The molecule has 0 aromatic carbocycles. The van der Waals surface area contributed by atoms with Crippen molar-refractivity contribution in [2.45, 2.75) is 26.2 Å². The molecule has 1 amide bonds. The Kier molecular flexibility index (Phi) is 3.05. The van der Waals surface area contributed by atoms with E-state index in [1.54, 1.807) is 0 Å². The van der Waals surface area contributed by atoms with E-state index in [2.05, 4.69) is 10.7 Å². The number of nitrogens with one attached hydrogen (secondary N) is 2. The van der Waals surface area contributed by atoms with Gasteiger partial charge < -0.3 is 5.32 Å². The molecule has 0 aromatic heterocycles. The van der Waals surface area contributed by atoms with Gasteiger partial charge in [0.15, 0.2) is 0 Å². The van der Waals surface area contributed by atoms with E-state index >= 15 is 0 Å². The van der Waals surface area contributed by atoms with Crippen molar-refractivity contribution in [3.63, 3.8) is 0 Å². The number of hydrogen-bond donors (Lipinski definition) is 3. The molecule has 4 N–H and O–H groups in total. The topological polar surface area (TPSA) is 67.2 Å². The molecule has 0 radical (unpaired) electrons. The minimum atomic E-state index is -0.208. The third-order valence-corrected chi connectivity index (χ3v) is 2.85. The Labute approximate surface area is 72.9 Å². The molecule has 0 spiro atoms. The van der Waals surface area contributed by atoms with Gasteiger partial charge in [-0.2, -0.15) is 0 Å². The Morgan fingerprint density at radius 3 is 2.58 bits per heavy atom. The summed E-state index contributed by atoms with van der Waals surface area (Å²) in [6.45, 7) is 3.88. The van der Waals surface area contributed by atoms with E-state index in [9.17, 15) is 4.79 Å². The van der Waals surface area contributed by atoms with Gasteiger partial charge in [0.05, 0.1) is 5.41 Å². The van der Waals surface area contributed by atoms with Crippen LogP contribution in [-0.4, -0.2) is 19.0 Å². The largest absolute Gasteiger partial charge is 0.317 e. The number of carbonyl (C=O) groups excluding carboxylic acids is 1. The smallest absolute Gasteiger partial charge is 0.240 e. The zero-order valence-corrected chi connectivity index (χ0v) is 7.52. The number of nitrogens with two attached hydrogens (primary N) is 1. The number of amides is 1. The third-order valence-electron chi connectivity index (χ3n) is 2.85. The highest BCUT2D eigenvalue weighted by Gasteiger charge is 2.37. The number of carbonyl (C=O) groups is 1. The molecule has 12 heavy (non-hydrogen) atoms. The van der Waals surface area contributed by atoms with Crippen LogP contribution in [0.25, 0.3) is 0 Å². The van der Waals surface area contributed by atoms with Crippen LogP contribution < -0.4 is 16.6 Å². The highest BCUT2D eigenvalue weighted by atomic mass is 16.2. The Bertz CT molecular complexity index is 164.